The first-order chi connectivity index (χ1) is 7.60. The maximum atomic E-state index is 9.48. The molecule has 0 heterocycles. The smallest absolute Gasteiger partial charge is 0.0972 e. The summed E-state index contributed by atoms with van der Waals surface area (Å²) >= 11 is 0. The molecule has 2 atom stereocenters. The van der Waals surface area contributed by atoms with Crippen molar-refractivity contribution in [2.24, 2.45) is 5.73 Å². The Kier molecular flexibility index (Phi) is 8.84. The first kappa shape index (κ1) is 15.8. The molecule has 16 heavy (non-hydrogen) atoms. The molecule has 98 valence electrons. The van der Waals surface area contributed by atoms with Crippen LogP contribution in [0.4, 0.5) is 0 Å². The summed E-state index contributed by atoms with van der Waals surface area (Å²) in [6.07, 6.45) is 6.36. The second-order valence-electron chi connectivity index (χ2n) is 4.61. The average molecular weight is 233 g/mol. The van der Waals surface area contributed by atoms with Crippen molar-refractivity contribution in [3.63, 3.8) is 0 Å². The second kappa shape index (κ2) is 8.93. The summed E-state index contributed by atoms with van der Waals surface area (Å²) in [7, 11) is 0. The normalized spacial score (nSPS) is 17.1. The van der Waals surface area contributed by atoms with E-state index in [-0.39, 0.29) is 6.61 Å². The van der Waals surface area contributed by atoms with Crippen LogP contribution in [0, 0.1) is 0 Å². The molecule has 0 fully saturated rings. The third kappa shape index (κ3) is 5.80. The van der Waals surface area contributed by atoms with E-state index in [9.17, 15) is 5.11 Å². The minimum absolute atomic E-state index is 0.288. The average Bonchev–Trinajstić information content (AvgIpc) is 2.32. The molecule has 0 aliphatic rings. The zero-order valence-electron chi connectivity index (χ0n) is 10.4. The molecular formula is C12H27NO3. The lowest BCUT2D eigenvalue weighted by atomic mass is 9.88. The van der Waals surface area contributed by atoms with Gasteiger partial charge in [0.1, 0.15) is 0 Å². The van der Waals surface area contributed by atoms with Gasteiger partial charge >= 0.3 is 0 Å². The molecule has 0 aromatic heterocycles. The van der Waals surface area contributed by atoms with E-state index >= 15 is 0 Å². The summed E-state index contributed by atoms with van der Waals surface area (Å²) in [5.41, 5.74) is 4.79. The topological polar surface area (TPSA) is 86.7 Å². The highest BCUT2D eigenvalue weighted by Crippen LogP contribution is 2.17. The third-order valence-corrected chi connectivity index (χ3v) is 3.13. The van der Waals surface area contributed by atoms with Crippen molar-refractivity contribution >= 4 is 0 Å². The number of hydrogen-bond acceptors (Lipinski definition) is 4. The molecule has 0 bridgehead atoms. The van der Waals surface area contributed by atoms with Crippen LogP contribution in [-0.4, -0.2) is 40.2 Å². The summed E-state index contributed by atoms with van der Waals surface area (Å²) < 4.78 is 0. The highest BCUT2D eigenvalue weighted by molar-refractivity contribution is 4.90. The largest absolute Gasteiger partial charge is 0.394 e. The van der Waals surface area contributed by atoms with Gasteiger partial charge < -0.3 is 21.1 Å². The number of unbranched alkanes of at least 4 members (excludes halogenated alkanes) is 5. The Morgan fingerprint density at radius 3 is 2.12 bits per heavy atom. The number of nitrogens with two attached hydrogens (primary N) is 1. The van der Waals surface area contributed by atoms with Crippen LogP contribution in [0.3, 0.4) is 0 Å². The van der Waals surface area contributed by atoms with Crippen LogP contribution in [0.5, 0.6) is 0 Å². The molecule has 2 unspecified atom stereocenters. The number of aliphatic hydroxyl groups excluding tert-OH is 3. The molecule has 0 aliphatic heterocycles. The Morgan fingerprint density at radius 1 is 1.06 bits per heavy atom. The van der Waals surface area contributed by atoms with Crippen molar-refractivity contribution in [1.29, 1.82) is 0 Å². The molecule has 0 aromatic rings. The zero-order chi connectivity index (χ0) is 12.4. The minimum Gasteiger partial charge on any atom is -0.394 e. The van der Waals surface area contributed by atoms with Crippen molar-refractivity contribution in [2.45, 2.75) is 63.5 Å². The van der Waals surface area contributed by atoms with Gasteiger partial charge in [-0.25, -0.2) is 0 Å². The summed E-state index contributed by atoms with van der Waals surface area (Å²) in [6, 6.07) is 0. The summed E-state index contributed by atoms with van der Waals surface area (Å²) in [6.45, 7) is 1.49. The first-order valence-corrected chi connectivity index (χ1v) is 6.29. The van der Waals surface area contributed by atoms with E-state index < -0.39 is 18.2 Å². The van der Waals surface area contributed by atoms with Gasteiger partial charge in [-0.05, 0) is 6.42 Å². The zero-order valence-corrected chi connectivity index (χ0v) is 10.4. The maximum absolute atomic E-state index is 9.48. The van der Waals surface area contributed by atoms with Crippen LogP contribution in [0.2, 0.25) is 0 Å². The highest BCUT2D eigenvalue weighted by Gasteiger charge is 2.31. The Labute approximate surface area is 98.5 Å². The van der Waals surface area contributed by atoms with Gasteiger partial charge in [0.2, 0.25) is 0 Å². The van der Waals surface area contributed by atoms with Gasteiger partial charge in [0.25, 0.3) is 0 Å². The van der Waals surface area contributed by atoms with Gasteiger partial charge in [-0.15, -0.1) is 0 Å². The number of hydrogen-bond donors (Lipinski definition) is 4. The SMILES string of the molecule is CCCCCCCCC(N)(CO)C(O)CO. The van der Waals surface area contributed by atoms with E-state index in [1.807, 2.05) is 0 Å². The van der Waals surface area contributed by atoms with E-state index in [4.69, 9.17) is 15.9 Å². The number of aliphatic hydroxyl groups is 3. The lowest BCUT2D eigenvalue weighted by molar-refractivity contribution is -0.000916. The van der Waals surface area contributed by atoms with Crippen molar-refractivity contribution in [3.05, 3.63) is 0 Å². The molecule has 0 aromatic carbocycles. The quantitative estimate of drug-likeness (QED) is 0.420. The second-order valence-corrected chi connectivity index (χ2v) is 4.61. The summed E-state index contributed by atoms with van der Waals surface area (Å²) in [5, 5.41) is 27.4. The highest BCUT2D eigenvalue weighted by atomic mass is 16.3. The van der Waals surface area contributed by atoms with Crippen LogP contribution in [0.25, 0.3) is 0 Å². The third-order valence-electron chi connectivity index (χ3n) is 3.13. The fourth-order valence-electron chi connectivity index (χ4n) is 1.77. The van der Waals surface area contributed by atoms with Crippen LogP contribution in [0.15, 0.2) is 0 Å². The standard InChI is InChI=1S/C12H27NO3/c1-2-3-4-5-6-7-8-12(13,10-15)11(16)9-14/h11,14-16H,2-10,13H2,1H3. The minimum atomic E-state index is -1.04. The Bertz CT molecular complexity index is 166. The van der Waals surface area contributed by atoms with Crippen molar-refractivity contribution in [1.82, 2.24) is 0 Å². The molecule has 5 N–H and O–H groups in total. The summed E-state index contributed by atoms with van der Waals surface area (Å²) in [5.74, 6) is 0. The van der Waals surface area contributed by atoms with Gasteiger partial charge in [0, 0.05) is 0 Å². The Balaban J connectivity index is 3.70. The Hall–Kier alpha value is -0.160. The maximum Gasteiger partial charge on any atom is 0.0972 e. The fourth-order valence-corrected chi connectivity index (χ4v) is 1.77. The van der Waals surface area contributed by atoms with Crippen LogP contribution in [-0.2, 0) is 0 Å². The van der Waals surface area contributed by atoms with Gasteiger partial charge in [-0.3, -0.25) is 0 Å². The molecule has 0 aliphatic carbocycles. The van der Waals surface area contributed by atoms with E-state index in [0.29, 0.717) is 6.42 Å². The molecule has 0 saturated heterocycles. The van der Waals surface area contributed by atoms with Gasteiger partial charge in [0.15, 0.2) is 0 Å². The summed E-state index contributed by atoms with van der Waals surface area (Å²) in [4.78, 5) is 0. The molecule has 0 rings (SSSR count). The van der Waals surface area contributed by atoms with Gasteiger partial charge in [0.05, 0.1) is 24.9 Å². The van der Waals surface area contributed by atoms with E-state index in [1.165, 1.54) is 25.7 Å². The van der Waals surface area contributed by atoms with Crippen molar-refractivity contribution in [3.8, 4) is 0 Å². The molecule has 4 heteroatoms. The van der Waals surface area contributed by atoms with Crippen molar-refractivity contribution < 1.29 is 15.3 Å². The molecular weight excluding hydrogens is 206 g/mol. The molecule has 0 amide bonds. The van der Waals surface area contributed by atoms with Crippen LogP contribution in [0.1, 0.15) is 51.9 Å². The van der Waals surface area contributed by atoms with E-state index in [1.54, 1.807) is 0 Å². The van der Waals surface area contributed by atoms with E-state index in [0.717, 1.165) is 12.8 Å². The first-order valence-electron chi connectivity index (χ1n) is 6.29. The van der Waals surface area contributed by atoms with Crippen LogP contribution < -0.4 is 5.73 Å². The predicted octanol–water partition coefficient (Wildman–Crippen LogP) is 0.780. The predicted molar refractivity (Wildman–Crippen MR) is 65.1 cm³/mol. The fraction of sp³-hybridized carbons (Fsp3) is 1.00. The van der Waals surface area contributed by atoms with Gasteiger partial charge in [-0.2, -0.15) is 0 Å². The van der Waals surface area contributed by atoms with Crippen molar-refractivity contribution in [2.75, 3.05) is 13.2 Å². The van der Waals surface area contributed by atoms with Crippen LogP contribution >= 0.6 is 0 Å². The van der Waals surface area contributed by atoms with E-state index in [2.05, 4.69) is 6.92 Å². The monoisotopic (exact) mass is 233 g/mol. The Morgan fingerprint density at radius 2 is 1.62 bits per heavy atom. The molecule has 0 radical (unpaired) electrons. The molecule has 0 saturated carbocycles. The lowest BCUT2D eigenvalue weighted by Gasteiger charge is -2.31. The van der Waals surface area contributed by atoms with Gasteiger partial charge in [-0.1, -0.05) is 45.4 Å². The number of rotatable bonds is 10. The lowest BCUT2D eigenvalue weighted by Crippen LogP contribution is -2.55. The molecule has 4 nitrogen and oxygen atoms in total. The molecule has 0 spiro atoms.